The standard InChI is InChI=1S/C26H26N6O7S2.2Na/c1-16(33)15-28-25-30-24(31-26(32-25)29-17-9-3-2-4-10-17)22(18-11-5-7-13-20(18)40(34,35)36)23(27)19-12-6-8-14-21(19)41(37,38)39;;/h2-14,16,33H,15,27H2,1H3,(H,34,35,36)(H,37,38,39)(H2,28,29,30,31,32);;/q;2*+1/p-2. The smallest absolute Gasteiger partial charge is 0.744 e. The summed E-state index contributed by atoms with van der Waals surface area (Å²) >= 11 is 0. The minimum atomic E-state index is -5.09. The van der Waals surface area contributed by atoms with E-state index in [-0.39, 0.29) is 100 Å². The van der Waals surface area contributed by atoms with Gasteiger partial charge in [0, 0.05) is 23.4 Å². The van der Waals surface area contributed by atoms with Crippen LogP contribution in [-0.2, 0) is 20.2 Å². The minimum absolute atomic E-state index is 0. The van der Waals surface area contributed by atoms with Crippen molar-refractivity contribution in [2.45, 2.75) is 22.8 Å². The summed E-state index contributed by atoms with van der Waals surface area (Å²) < 4.78 is 73.0. The second kappa shape index (κ2) is 15.5. The third-order valence-electron chi connectivity index (χ3n) is 5.59. The first-order chi connectivity index (χ1) is 19.3. The van der Waals surface area contributed by atoms with Crippen LogP contribution in [0.2, 0.25) is 0 Å². The van der Waals surface area contributed by atoms with Crippen LogP contribution in [0.3, 0.4) is 0 Å². The zero-order chi connectivity index (χ0) is 29.8. The maximum atomic E-state index is 12.3. The Morgan fingerprint density at radius 1 is 0.791 bits per heavy atom. The van der Waals surface area contributed by atoms with Gasteiger partial charge in [0.15, 0.2) is 5.82 Å². The van der Waals surface area contributed by atoms with Gasteiger partial charge in [0.05, 0.1) is 27.2 Å². The maximum Gasteiger partial charge on any atom is 1.00 e. The molecule has 0 radical (unpaired) electrons. The number of benzene rings is 3. The van der Waals surface area contributed by atoms with Crippen molar-refractivity contribution in [3.05, 3.63) is 95.8 Å². The van der Waals surface area contributed by atoms with Crippen molar-refractivity contribution < 1.29 is 90.2 Å². The van der Waals surface area contributed by atoms with Gasteiger partial charge in [0.25, 0.3) is 0 Å². The van der Waals surface area contributed by atoms with E-state index in [9.17, 15) is 31.0 Å². The van der Waals surface area contributed by atoms with Crippen LogP contribution < -0.4 is 75.5 Å². The second-order valence-corrected chi connectivity index (χ2v) is 11.4. The molecule has 0 bridgehead atoms. The van der Waals surface area contributed by atoms with E-state index in [1.807, 2.05) is 0 Å². The molecule has 1 unspecified atom stereocenters. The number of nitrogens with zero attached hydrogens (tertiary/aromatic N) is 3. The third-order valence-corrected chi connectivity index (χ3v) is 7.38. The van der Waals surface area contributed by atoms with Crippen molar-refractivity contribution in [3.8, 4) is 0 Å². The Labute approximate surface area is 293 Å². The van der Waals surface area contributed by atoms with E-state index in [0.29, 0.717) is 5.69 Å². The van der Waals surface area contributed by atoms with Crippen molar-refractivity contribution in [3.63, 3.8) is 0 Å². The SMILES string of the molecule is CC(O)CNc1nc(Nc2ccccc2)nc(C(=C(N)c2ccccc2S(=O)(=O)[O-])c2ccccc2S(=O)(=O)[O-])n1.[Na+].[Na+]. The predicted octanol–water partition coefficient (Wildman–Crippen LogP) is -3.90. The molecule has 0 aliphatic heterocycles. The van der Waals surface area contributed by atoms with E-state index in [2.05, 4.69) is 25.6 Å². The van der Waals surface area contributed by atoms with Gasteiger partial charge in [-0.15, -0.1) is 0 Å². The molecule has 0 amide bonds. The fourth-order valence-corrected chi connectivity index (χ4v) is 5.21. The van der Waals surface area contributed by atoms with Crippen LogP contribution in [0.4, 0.5) is 17.6 Å². The summed E-state index contributed by atoms with van der Waals surface area (Å²) in [6.07, 6.45) is -0.804. The Balaban J connectivity index is 0.00000323. The summed E-state index contributed by atoms with van der Waals surface area (Å²) in [4.78, 5) is 11.7. The molecule has 1 heterocycles. The molecule has 0 fully saturated rings. The Morgan fingerprint density at radius 2 is 1.28 bits per heavy atom. The molecule has 0 aliphatic carbocycles. The van der Waals surface area contributed by atoms with Gasteiger partial charge in [-0.2, -0.15) is 15.0 Å². The summed E-state index contributed by atoms with van der Waals surface area (Å²) in [6.45, 7) is 1.54. The van der Waals surface area contributed by atoms with Gasteiger partial charge in [0.1, 0.15) is 20.2 Å². The molecule has 0 saturated heterocycles. The molecular weight excluding hydrogens is 618 g/mol. The van der Waals surface area contributed by atoms with Crippen LogP contribution in [0.25, 0.3) is 11.3 Å². The number of aliphatic hydroxyl groups excluding tert-OH is 1. The van der Waals surface area contributed by atoms with Gasteiger partial charge >= 0.3 is 59.1 Å². The second-order valence-electron chi connectivity index (χ2n) is 8.72. The van der Waals surface area contributed by atoms with Crippen LogP contribution in [0.1, 0.15) is 23.9 Å². The van der Waals surface area contributed by atoms with E-state index in [0.717, 1.165) is 12.1 Å². The third kappa shape index (κ3) is 9.54. The molecule has 4 rings (SSSR count). The zero-order valence-electron chi connectivity index (χ0n) is 23.4. The summed E-state index contributed by atoms with van der Waals surface area (Å²) in [5.74, 6) is -0.364. The fourth-order valence-electron chi connectivity index (χ4n) is 3.83. The summed E-state index contributed by atoms with van der Waals surface area (Å²) in [5, 5.41) is 15.6. The summed E-state index contributed by atoms with van der Waals surface area (Å²) in [5.41, 5.74) is 5.92. The molecule has 0 spiro atoms. The number of hydrogen-bond acceptors (Lipinski definition) is 13. The van der Waals surface area contributed by atoms with Crippen LogP contribution in [0.5, 0.6) is 0 Å². The van der Waals surface area contributed by atoms with Crippen molar-refractivity contribution in [2.75, 3.05) is 17.2 Å². The summed E-state index contributed by atoms with van der Waals surface area (Å²) in [6, 6.07) is 18.9. The Hall–Kier alpha value is -2.41. The van der Waals surface area contributed by atoms with E-state index in [1.165, 1.54) is 43.3 Å². The Bertz CT molecular complexity index is 1820. The number of hydrogen-bond donors (Lipinski definition) is 4. The van der Waals surface area contributed by atoms with Gasteiger partial charge in [-0.1, -0.05) is 54.6 Å². The van der Waals surface area contributed by atoms with Gasteiger partial charge in [-0.25, -0.2) is 16.8 Å². The van der Waals surface area contributed by atoms with Crippen LogP contribution >= 0.6 is 0 Å². The number of nitrogens with one attached hydrogen (secondary N) is 2. The molecule has 214 valence electrons. The largest absolute Gasteiger partial charge is 1.00 e. The zero-order valence-corrected chi connectivity index (χ0v) is 29.1. The Morgan fingerprint density at radius 3 is 1.84 bits per heavy atom. The van der Waals surface area contributed by atoms with E-state index < -0.39 is 41.8 Å². The first kappa shape index (κ1) is 36.8. The van der Waals surface area contributed by atoms with Crippen molar-refractivity contribution in [2.24, 2.45) is 5.73 Å². The van der Waals surface area contributed by atoms with Crippen molar-refractivity contribution >= 4 is 49.1 Å². The number of anilines is 3. The average Bonchev–Trinajstić information content (AvgIpc) is 2.92. The molecule has 4 aromatic rings. The van der Waals surface area contributed by atoms with Gasteiger partial charge in [0.2, 0.25) is 11.9 Å². The van der Waals surface area contributed by atoms with Gasteiger partial charge in [-0.05, 0) is 31.2 Å². The van der Waals surface area contributed by atoms with Crippen LogP contribution in [-0.4, -0.2) is 58.6 Å². The van der Waals surface area contributed by atoms with Gasteiger partial charge in [-0.3, -0.25) is 0 Å². The van der Waals surface area contributed by atoms with E-state index in [1.54, 1.807) is 30.3 Å². The van der Waals surface area contributed by atoms with E-state index in [4.69, 9.17) is 5.73 Å². The monoisotopic (exact) mass is 642 g/mol. The maximum absolute atomic E-state index is 12.3. The molecular formula is C26H24N6Na2O7S2. The van der Waals surface area contributed by atoms with Crippen molar-refractivity contribution in [1.29, 1.82) is 0 Å². The molecule has 1 atom stereocenters. The number of aromatic nitrogens is 3. The predicted molar refractivity (Wildman–Crippen MR) is 149 cm³/mol. The van der Waals surface area contributed by atoms with Crippen LogP contribution in [0.15, 0.2) is 88.7 Å². The molecule has 3 aromatic carbocycles. The molecule has 0 saturated carbocycles. The average molecular weight is 643 g/mol. The number of aliphatic hydroxyl groups is 1. The molecule has 5 N–H and O–H groups in total. The van der Waals surface area contributed by atoms with Gasteiger partial charge < -0.3 is 30.6 Å². The molecule has 0 aliphatic rings. The number of nitrogens with two attached hydrogens (primary N) is 1. The van der Waals surface area contributed by atoms with Crippen LogP contribution in [0, 0.1) is 0 Å². The fraction of sp³-hybridized carbons (Fsp3) is 0.115. The van der Waals surface area contributed by atoms with Crippen molar-refractivity contribution in [1.82, 2.24) is 15.0 Å². The first-order valence-corrected chi connectivity index (χ1v) is 14.8. The molecule has 1 aromatic heterocycles. The normalized spacial score (nSPS) is 12.7. The Kier molecular flexibility index (Phi) is 13.3. The van der Waals surface area contributed by atoms with E-state index >= 15 is 0 Å². The topological polar surface area (TPSA) is 223 Å². The molecule has 43 heavy (non-hydrogen) atoms. The summed E-state index contributed by atoms with van der Waals surface area (Å²) in [7, 11) is -10.1. The first-order valence-electron chi connectivity index (χ1n) is 12.0. The minimum Gasteiger partial charge on any atom is -0.744 e. The molecule has 13 nitrogen and oxygen atoms in total. The quantitative estimate of drug-likeness (QED) is 0.0739. The number of rotatable bonds is 10. The molecule has 17 heteroatoms. The number of para-hydroxylation sites is 1.